The summed E-state index contributed by atoms with van der Waals surface area (Å²) >= 11 is 1.72. The Morgan fingerprint density at radius 1 is 1.12 bits per heavy atom. The van der Waals surface area contributed by atoms with Gasteiger partial charge in [-0.05, 0) is 46.0 Å². The number of nitrogens with one attached hydrogen (secondary N) is 2. The zero-order valence-electron chi connectivity index (χ0n) is 16.0. The van der Waals surface area contributed by atoms with Crippen LogP contribution in [0.4, 0.5) is 0 Å². The minimum atomic E-state index is 0.418. The lowest BCUT2D eigenvalue weighted by atomic mass is 10.1. The second kappa shape index (κ2) is 9.91. The highest BCUT2D eigenvalue weighted by atomic mass is 32.1. The molecule has 0 amide bonds. The van der Waals surface area contributed by atoms with Crippen LogP contribution in [0.15, 0.2) is 34.0 Å². The van der Waals surface area contributed by atoms with E-state index in [-0.39, 0.29) is 0 Å². The quantitative estimate of drug-likeness (QED) is 0.546. The molecule has 2 rings (SSSR count). The van der Waals surface area contributed by atoms with Gasteiger partial charge in [-0.3, -0.25) is 4.99 Å². The maximum atomic E-state index is 5.40. The summed E-state index contributed by atoms with van der Waals surface area (Å²) in [5.41, 5.74) is 2.34. The summed E-state index contributed by atoms with van der Waals surface area (Å²) in [5.74, 6) is 3.03. The molecule has 1 atom stereocenters. The van der Waals surface area contributed by atoms with Gasteiger partial charge in [-0.15, -0.1) is 0 Å². The Hall–Kier alpha value is -2.41. The molecule has 0 aliphatic heterocycles. The molecular formula is C19H27N3O3S. The highest BCUT2D eigenvalue weighted by Crippen LogP contribution is 2.38. The third-order valence-electron chi connectivity index (χ3n) is 4.10. The first-order valence-corrected chi connectivity index (χ1v) is 9.32. The molecule has 0 radical (unpaired) electrons. The van der Waals surface area contributed by atoms with Crippen molar-refractivity contribution in [2.24, 2.45) is 4.99 Å². The van der Waals surface area contributed by atoms with E-state index in [1.54, 1.807) is 39.7 Å². The van der Waals surface area contributed by atoms with Gasteiger partial charge in [0.25, 0.3) is 0 Å². The van der Waals surface area contributed by atoms with Gasteiger partial charge in [0, 0.05) is 20.1 Å². The molecule has 0 bridgehead atoms. The van der Waals surface area contributed by atoms with Crippen LogP contribution >= 0.6 is 11.3 Å². The Bertz CT molecular complexity index is 692. The summed E-state index contributed by atoms with van der Waals surface area (Å²) < 4.78 is 16.1. The number of aliphatic imine (C=N–C) groups is 1. The van der Waals surface area contributed by atoms with Crippen molar-refractivity contribution in [1.29, 1.82) is 0 Å². The molecule has 0 saturated carbocycles. The Morgan fingerprint density at radius 3 is 2.31 bits per heavy atom. The first-order chi connectivity index (χ1) is 12.6. The van der Waals surface area contributed by atoms with Crippen LogP contribution in [0.1, 0.15) is 24.0 Å². The molecular weight excluding hydrogens is 350 g/mol. The highest BCUT2D eigenvalue weighted by molar-refractivity contribution is 7.07. The average molecular weight is 378 g/mol. The first-order valence-electron chi connectivity index (χ1n) is 8.38. The fourth-order valence-corrected chi connectivity index (χ4v) is 3.35. The van der Waals surface area contributed by atoms with Crippen LogP contribution in [0.3, 0.4) is 0 Å². The topological polar surface area (TPSA) is 64.1 Å². The lowest BCUT2D eigenvalue weighted by molar-refractivity contribution is 0.323. The van der Waals surface area contributed by atoms with Crippen LogP contribution in [0, 0.1) is 0 Å². The van der Waals surface area contributed by atoms with Crippen molar-refractivity contribution >= 4 is 17.3 Å². The lowest BCUT2D eigenvalue weighted by Gasteiger charge is -2.17. The molecule has 2 N–H and O–H groups in total. The van der Waals surface area contributed by atoms with E-state index in [9.17, 15) is 0 Å². The fraction of sp³-hybridized carbons (Fsp3) is 0.421. The van der Waals surface area contributed by atoms with Gasteiger partial charge in [0.15, 0.2) is 17.5 Å². The summed E-state index contributed by atoms with van der Waals surface area (Å²) in [6, 6.07) is 6.01. The number of hydrogen-bond donors (Lipinski definition) is 2. The number of rotatable bonds is 8. The van der Waals surface area contributed by atoms with Crippen LogP contribution in [0.25, 0.3) is 0 Å². The first kappa shape index (κ1) is 19.9. The Morgan fingerprint density at radius 2 is 1.81 bits per heavy atom. The lowest BCUT2D eigenvalue weighted by Crippen LogP contribution is -2.38. The molecule has 142 valence electrons. The zero-order chi connectivity index (χ0) is 18.9. The van der Waals surface area contributed by atoms with E-state index >= 15 is 0 Å². The highest BCUT2D eigenvalue weighted by Gasteiger charge is 2.13. The minimum Gasteiger partial charge on any atom is -0.493 e. The van der Waals surface area contributed by atoms with Gasteiger partial charge in [0.05, 0.1) is 21.3 Å². The van der Waals surface area contributed by atoms with Gasteiger partial charge in [-0.1, -0.05) is 6.92 Å². The van der Waals surface area contributed by atoms with Crippen molar-refractivity contribution in [2.45, 2.75) is 19.4 Å². The third kappa shape index (κ3) is 5.05. The molecule has 2 aromatic rings. The van der Waals surface area contributed by atoms with E-state index < -0.39 is 0 Å². The monoisotopic (exact) mass is 377 g/mol. The SMILES string of the molecule is CN=C(NCc1cc(OC)c(OC)c(OC)c1)NCC(C)c1ccsc1. The Labute approximate surface area is 159 Å². The van der Waals surface area contributed by atoms with Gasteiger partial charge in [0.1, 0.15) is 0 Å². The van der Waals surface area contributed by atoms with Crippen molar-refractivity contribution in [2.75, 3.05) is 34.9 Å². The average Bonchev–Trinajstić information content (AvgIpc) is 3.21. The van der Waals surface area contributed by atoms with Crippen molar-refractivity contribution in [3.63, 3.8) is 0 Å². The van der Waals surface area contributed by atoms with Crippen molar-refractivity contribution in [3.05, 3.63) is 40.1 Å². The van der Waals surface area contributed by atoms with Crippen LogP contribution < -0.4 is 24.8 Å². The van der Waals surface area contributed by atoms with Crippen molar-refractivity contribution in [3.8, 4) is 17.2 Å². The van der Waals surface area contributed by atoms with E-state index in [4.69, 9.17) is 14.2 Å². The van der Waals surface area contributed by atoms with E-state index in [0.29, 0.717) is 29.7 Å². The number of benzene rings is 1. The van der Waals surface area contributed by atoms with Crippen molar-refractivity contribution < 1.29 is 14.2 Å². The molecule has 7 heteroatoms. The maximum absolute atomic E-state index is 5.40. The molecule has 0 aliphatic rings. The fourth-order valence-electron chi connectivity index (χ4n) is 2.57. The molecule has 1 aromatic heterocycles. The molecule has 1 heterocycles. The number of thiophene rings is 1. The number of methoxy groups -OCH3 is 3. The zero-order valence-corrected chi connectivity index (χ0v) is 16.8. The van der Waals surface area contributed by atoms with Gasteiger partial charge in [-0.2, -0.15) is 11.3 Å². The Kier molecular flexibility index (Phi) is 7.59. The molecule has 0 spiro atoms. The number of nitrogens with zero attached hydrogens (tertiary/aromatic N) is 1. The predicted molar refractivity (Wildman–Crippen MR) is 107 cm³/mol. The molecule has 0 saturated heterocycles. The maximum Gasteiger partial charge on any atom is 0.203 e. The molecule has 1 unspecified atom stereocenters. The number of guanidine groups is 1. The van der Waals surface area contributed by atoms with Gasteiger partial charge in [0.2, 0.25) is 5.75 Å². The molecule has 0 fully saturated rings. The van der Waals surface area contributed by atoms with Crippen molar-refractivity contribution in [1.82, 2.24) is 10.6 Å². The van der Waals surface area contributed by atoms with Crippen LogP contribution in [-0.2, 0) is 6.54 Å². The smallest absolute Gasteiger partial charge is 0.203 e. The van der Waals surface area contributed by atoms with E-state index in [0.717, 1.165) is 18.1 Å². The summed E-state index contributed by atoms with van der Waals surface area (Å²) in [6.45, 7) is 3.59. The summed E-state index contributed by atoms with van der Waals surface area (Å²) in [4.78, 5) is 4.29. The summed E-state index contributed by atoms with van der Waals surface area (Å²) in [5, 5.41) is 11.0. The van der Waals surface area contributed by atoms with E-state index in [2.05, 4.69) is 39.4 Å². The number of hydrogen-bond acceptors (Lipinski definition) is 5. The molecule has 0 aliphatic carbocycles. The predicted octanol–water partition coefficient (Wildman–Crippen LogP) is 3.24. The standard InChI is InChI=1S/C19H27N3O3S/c1-13(15-6-7-26-12-15)10-21-19(20-2)22-11-14-8-16(23-3)18(25-5)17(9-14)24-4/h6-9,12-13H,10-11H2,1-5H3,(H2,20,21,22). The third-order valence-corrected chi connectivity index (χ3v) is 4.80. The summed E-state index contributed by atoms with van der Waals surface area (Å²) in [6.07, 6.45) is 0. The largest absolute Gasteiger partial charge is 0.493 e. The normalized spacial score (nSPS) is 12.4. The minimum absolute atomic E-state index is 0.418. The number of ether oxygens (including phenoxy) is 3. The molecule has 26 heavy (non-hydrogen) atoms. The van der Waals surface area contributed by atoms with Crippen LogP contribution in [-0.4, -0.2) is 40.9 Å². The second-order valence-electron chi connectivity index (χ2n) is 5.80. The van der Waals surface area contributed by atoms with E-state index in [1.807, 2.05) is 12.1 Å². The van der Waals surface area contributed by atoms with Crippen LogP contribution in [0.5, 0.6) is 17.2 Å². The molecule has 6 nitrogen and oxygen atoms in total. The Balaban J connectivity index is 1.97. The second-order valence-corrected chi connectivity index (χ2v) is 6.58. The molecule has 1 aromatic carbocycles. The summed E-state index contributed by atoms with van der Waals surface area (Å²) in [7, 11) is 6.58. The van der Waals surface area contributed by atoms with Gasteiger partial charge in [-0.25, -0.2) is 0 Å². The van der Waals surface area contributed by atoms with Gasteiger partial charge >= 0.3 is 0 Å². The van der Waals surface area contributed by atoms with Gasteiger partial charge < -0.3 is 24.8 Å². The van der Waals surface area contributed by atoms with Crippen LogP contribution in [0.2, 0.25) is 0 Å². The van der Waals surface area contributed by atoms with E-state index in [1.165, 1.54) is 5.56 Å².